The van der Waals surface area contributed by atoms with E-state index in [0.29, 0.717) is 12.2 Å². The zero-order chi connectivity index (χ0) is 11.3. The number of rotatable bonds is 5. The Kier molecular flexibility index (Phi) is 4.54. The van der Waals surface area contributed by atoms with Crippen molar-refractivity contribution < 1.29 is 4.79 Å². The van der Waals surface area contributed by atoms with Gasteiger partial charge in [0.2, 0.25) is 0 Å². The van der Waals surface area contributed by atoms with Crippen LogP contribution in [0.25, 0.3) is 0 Å². The van der Waals surface area contributed by atoms with Crippen LogP contribution in [0.15, 0.2) is 24.3 Å². The minimum atomic E-state index is 0.155. The molecule has 0 bridgehead atoms. The molecule has 15 heavy (non-hydrogen) atoms. The quantitative estimate of drug-likeness (QED) is 0.718. The number of aryl methyl sites for hydroxylation is 1. The standard InChI is InChI=1S/C14H20O/c1-4-12-8-6-7-9-13(12)10-11(3)14(15)5-2/h6-9,11H,4-5,10H2,1-3H3. The molecular formula is C14H20O. The molecule has 0 heterocycles. The number of ketones is 1. The topological polar surface area (TPSA) is 17.1 Å². The van der Waals surface area contributed by atoms with E-state index in [9.17, 15) is 4.79 Å². The fourth-order valence-corrected chi connectivity index (χ4v) is 1.89. The molecule has 1 unspecified atom stereocenters. The van der Waals surface area contributed by atoms with E-state index in [4.69, 9.17) is 0 Å². The first kappa shape index (κ1) is 12.0. The highest BCUT2D eigenvalue weighted by Crippen LogP contribution is 2.15. The van der Waals surface area contributed by atoms with Crippen LogP contribution in [0.4, 0.5) is 0 Å². The van der Waals surface area contributed by atoms with E-state index >= 15 is 0 Å². The highest BCUT2D eigenvalue weighted by Gasteiger charge is 2.12. The summed E-state index contributed by atoms with van der Waals surface area (Å²) in [5.74, 6) is 0.517. The molecule has 0 radical (unpaired) electrons. The Labute approximate surface area is 92.5 Å². The number of hydrogen-bond donors (Lipinski definition) is 0. The maximum atomic E-state index is 11.5. The Balaban J connectivity index is 2.75. The van der Waals surface area contributed by atoms with Gasteiger partial charge in [-0.3, -0.25) is 4.79 Å². The lowest BCUT2D eigenvalue weighted by Crippen LogP contribution is -2.13. The normalized spacial score (nSPS) is 12.5. The predicted molar refractivity (Wildman–Crippen MR) is 64.0 cm³/mol. The summed E-state index contributed by atoms with van der Waals surface area (Å²) in [5, 5.41) is 0. The van der Waals surface area contributed by atoms with Crippen LogP contribution in [-0.4, -0.2) is 5.78 Å². The van der Waals surface area contributed by atoms with Gasteiger partial charge in [0.25, 0.3) is 0 Å². The molecule has 1 aromatic rings. The van der Waals surface area contributed by atoms with E-state index < -0.39 is 0 Å². The van der Waals surface area contributed by atoms with Gasteiger partial charge in [-0.25, -0.2) is 0 Å². The molecule has 1 heteroatoms. The Morgan fingerprint density at radius 2 is 1.80 bits per heavy atom. The lowest BCUT2D eigenvalue weighted by Gasteiger charge is -2.12. The highest BCUT2D eigenvalue weighted by atomic mass is 16.1. The molecule has 0 saturated heterocycles. The minimum absolute atomic E-state index is 0.155. The van der Waals surface area contributed by atoms with Crippen molar-refractivity contribution in [3.05, 3.63) is 35.4 Å². The Bertz CT molecular complexity index is 328. The zero-order valence-corrected chi connectivity index (χ0v) is 9.92. The molecule has 0 aromatic heterocycles. The molecule has 1 rings (SSSR count). The first-order chi connectivity index (χ1) is 7.19. The van der Waals surface area contributed by atoms with E-state index in [1.165, 1.54) is 11.1 Å². The van der Waals surface area contributed by atoms with E-state index in [0.717, 1.165) is 12.8 Å². The van der Waals surface area contributed by atoms with E-state index in [1.807, 2.05) is 13.8 Å². The van der Waals surface area contributed by atoms with Gasteiger partial charge in [-0.15, -0.1) is 0 Å². The van der Waals surface area contributed by atoms with Crippen molar-refractivity contribution in [3.63, 3.8) is 0 Å². The Morgan fingerprint density at radius 3 is 2.33 bits per heavy atom. The SMILES string of the molecule is CCC(=O)C(C)Cc1ccccc1CC. The molecular weight excluding hydrogens is 184 g/mol. The third kappa shape index (κ3) is 3.19. The van der Waals surface area contributed by atoms with Crippen LogP contribution in [0, 0.1) is 5.92 Å². The van der Waals surface area contributed by atoms with Gasteiger partial charge in [0.1, 0.15) is 5.78 Å². The van der Waals surface area contributed by atoms with Gasteiger partial charge in [-0.05, 0) is 24.0 Å². The molecule has 0 saturated carbocycles. The number of carbonyl (C=O) groups is 1. The smallest absolute Gasteiger partial charge is 0.135 e. The van der Waals surface area contributed by atoms with Crippen molar-refractivity contribution in [2.45, 2.75) is 40.0 Å². The van der Waals surface area contributed by atoms with Gasteiger partial charge in [-0.1, -0.05) is 45.0 Å². The predicted octanol–water partition coefficient (Wildman–Crippen LogP) is 3.41. The molecule has 0 aliphatic rings. The van der Waals surface area contributed by atoms with Crippen LogP contribution >= 0.6 is 0 Å². The summed E-state index contributed by atoms with van der Waals surface area (Å²) in [7, 11) is 0. The first-order valence-corrected chi connectivity index (χ1v) is 5.78. The second-order valence-electron chi connectivity index (χ2n) is 4.05. The molecule has 0 N–H and O–H groups in total. The minimum Gasteiger partial charge on any atom is -0.299 e. The molecule has 0 spiro atoms. The van der Waals surface area contributed by atoms with Crippen molar-refractivity contribution in [1.82, 2.24) is 0 Å². The van der Waals surface area contributed by atoms with Crippen LogP contribution in [0.3, 0.4) is 0 Å². The number of hydrogen-bond acceptors (Lipinski definition) is 1. The van der Waals surface area contributed by atoms with Crippen LogP contribution in [0.2, 0.25) is 0 Å². The number of benzene rings is 1. The molecule has 0 amide bonds. The van der Waals surface area contributed by atoms with Crippen LogP contribution in [-0.2, 0) is 17.6 Å². The Hall–Kier alpha value is -1.11. The molecule has 1 atom stereocenters. The van der Waals surface area contributed by atoms with Gasteiger partial charge < -0.3 is 0 Å². The van der Waals surface area contributed by atoms with Gasteiger partial charge in [-0.2, -0.15) is 0 Å². The summed E-state index contributed by atoms with van der Waals surface area (Å²) in [6, 6.07) is 8.41. The maximum Gasteiger partial charge on any atom is 0.135 e. The number of carbonyl (C=O) groups excluding carboxylic acids is 1. The zero-order valence-electron chi connectivity index (χ0n) is 9.92. The maximum absolute atomic E-state index is 11.5. The summed E-state index contributed by atoms with van der Waals surface area (Å²) >= 11 is 0. The molecule has 0 aliphatic heterocycles. The average Bonchev–Trinajstić information content (AvgIpc) is 2.28. The molecule has 0 aliphatic carbocycles. The molecule has 0 fully saturated rings. The van der Waals surface area contributed by atoms with E-state index in [2.05, 4.69) is 31.2 Å². The van der Waals surface area contributed by atoms with Crippen molar-refractivity contribution in [2.75, 3.05) is 0 Å². The summed E-state index contributed by atoms with van der Waals surface area (Å²) in [6.07, 6.45) is 2.58. The van der Waals surface area contributed by atoms with Crippen LogP contribution in [0.1, 0.15) is 38.3 Å². The van der Waals surface area contributed by atoms with Crippen molar-refractivity contribution in [2.24, 2.45) is 5.92 Å². The van der Waals surface area contributed by atoms with E-state index in [1.54, 1.807) is 0 Å². The van der Waals surface area contributed by atoms with Crippen molar-refractivity contribution in [3.8, 4) is 0 Å². The average molecular weight is 204 g/mol. The highest BCUT2D eigenvalue weighted by molar-refractivity contribution is 5.80. The second-order valence-corrected chi connectivity index (χ2v) is 4.05. The fourth-order valence-electron chi connectivity index (χ4n) is 1.89. The van der Waals surface area contributed by atoms with Crippen molar-refractivity contribution in [1.29, 1.82) is 0 Å². The lowest BCUT2D eigenvalue weighted by molar-refractivity contribution is -0.122. The van der Waals surface area contributed by atoms with Gasteiger partial charge in [0.15, 0.2) is 0 Å². The summed E-state index contributed by atoms with van der Waals surface area (Å²) in [4.78, 5) is 11.5. The third-order valence-electron chi connectivity index (χ3n) is 2.92. The van der Waals surface area contributed by atoms with Crippen LogP contribution < -0.4 is 0 Å². The van der Waals surface area contributed by atoms with Crippen molar-refractivity contribution >= 4 is 5.78 Å². The van der Waals surface area contributed by atoms with Gasteiger partial charge >= 0.3 is 0 Å². The lowest BCUT2D eigenvalue weighted by atomic mass is 9.92. The summed E-state index contributed by atoms with van der Waals surface area (Å²) in [5.41, 5.74) is 2.70. The monoisotopic (exact) mass is 204 g/mol. The molecule has 1 aromatic carbocycles. The molecule has 82 valence electrons. The largest absolute Gasteiger partial charge is 0.299 e. The first-order valence-electron chi connectivity index (χ1n) is 5.78. The van der Waals surface area contributed by atoms with E-state index in [-0.39, 0.29) is 5.92 Å². The van der Waals surface area contributed by atoms with Gasteiger partial charge in [0, 0.05) is 12.3 Å². The summed E-state index contributed by atoms with van der Waals surface area (Å²) in [6.45, 7) is 6.12. The summed E-state index contributed by atoms with van der Waals surface area (Å²) < 4.78 is 0. The molecule has 1 nitrogen and oxygen atoms in total. The second kappa shape index (κ2) is 5.69. The third-order valence-corrected chi connectivity index (χ3v) is 2.92. The number of Topliss-reactive ketones (excluding diaryl/α,β-unsaturated/α-hetero) is 1. The Morgan fingerprint density at radius 1 is 1.20 bits per heavy atom. The fraction of sp³-hybridized carbons (Fsp3) is 0.500. The van der Waals surface area contributed by atoms with Gasteiger partial charge in [0.05, 0.1) is 0 Å². The van der Waals surface area contributed by atoms with Crippen LogP contribution in [0.5, 0.6) is 0 Å².